The average molecular weight is 223 g/mol. The molecule has 0 bridgehead atoms. The molecule has 0 N–H and O–H groups in total. The molecule has 1 aromatic carbocycles. The molecule has 0 unspecified atom stereocenters. The maximum Gasteiger partial charge on any atom is 0.254 e. The van der Waals surface area contributed by atoms with Crippen LogP contribution in [0.2, 0.25) is 0 Å². The molecule has 0 saturated carbocycles. The Labute approximate surface area is 93.8 Å². The van der Waals surface area contributed by atoms with Crippen LogP contribution in [0.3, 0.4) is 0 Å². The molecule has 0 spiro atoms. The number of methoxy groups -OCH3 is 1. The number of hydrogen-bond acceptors (Lipinski definition) is 2. The molecule has 1 aromatic rings. The largest absolute Gasteiger partial charge is 0.385 e. The number of amides is 1. The van der Waals surface area contributed by atoms with E-state index in [1.807, 2.05) is 0 Å². The van der Waals surface area contributed by atoms with Gasteiger partial charge in [-0.2, -0.15) is 0 Å². The standard InChI is InChI=1S/C12H14FNO2/c1-16-6-2-5-14-8-9-3-4-10(13)7-11(9)12(14)15/h3-4,7H,2,5-6,8H2,1H3. The second-order valence-electron chi connectivity index (χ2n) is 3.87. The van der Waals surface area contributed by atoms with Crippen molar-refractivity contribution in [3.8, 4) is 0 Å². The van der Waals surface area contributed by atoms with Crippen LogP contribution in [-0.4, -0.2) is 31.1 Å². The van der Waals surface area contributed by atoms with Crippen LogP contribution in [0.4, 0.5) is 4.39 Å². The van der Waals surface area contributed by atoms with Gasteiger partial charge in [0.2, 0.25) is 0 Å². The van der Waals surface area contributed by atoms with Crippen LogP contribution in [0.25, 0.3) is 0 Å². The van der Waals surface area contributed by atoms with Gasteiger partial charge in [0, 0.05) is 32.4 Å². The Morgan fingerprint density at radius 3 is 3.06 bits per heavy atom. The summed E-state index contributed by atoms with van der Waals surface area (Å²) in [4.78, 5) is 13.6. The number of ether oxygens (including phenoxy) is 1. The predicted molar refractivity (Wildman–Crippen MR) is 57.6 cm³/mol. The van der Waals surface area contributed by atoms with E-state index in [1.165, 1.54) is 12.1 Å². The first-order valence-corrected chi connectivity index (χ1v) is 5.29. The zero-order valence-corrected chi connectivity index (χ0v) is 9.20. The fourth-order valence-electron chi connectivity index (χ4n) is 1.91. The van der Waals surface area contributed by atoms with Gasteiger partial charge in [-0.15, -0.1) is 0 Å². The minimum atomic E-state index is -0.356. The molecular weight excluding hydrogens is 209 g/mol. The van der Waals surface area contributed by atoms with Gasteiger partial charge in [-0.3, -0.25) is 4.79 Å². The maximum absolute atomic E-state index is 13.0. The average Bonchev–Trinajstić information content (AvgIpc) is 2.57. The van der Waals surface area contributed by atoms with Crippen molar-refractivity contribution >= 4 is 5.91 Å². The molecule has 1 aliphatic rings. The summed E-state index contributed by atoms with van der Waals surface area (Å²) >= 11 is 0. The number of halogens is 1. The third-order valence-corrected chi connectivity index (χ3v) is 2.73. The van der Waals surface area contributed by atoms with Gasteiger partial charge in [-0.25, -0.2) is 4.39 Å². The molecule has 0 aromatic heterocycles. The molecular formula is C12H14FNO2. The van der Waals surface area contributed by atoms with Crippen molar-refractivity contribution in [1.82, 2.24) is 4.90 Å². The SMILES string of the molecule is COCCCN1Cc2ccc(F)cc2C1=O. The molecule has 0 saturated heterocycles. The van der Waals surface area contributed by atoms with Crippen molar-refractivity contribution in [3.63, 3.8) is 0 Å². The smallest absolute Gasteiger partial charge is 0.254 e. The van der Waals surface area contributed by atoms with Crippen molar-refractivity contribution in [1.29, 1.82) is 0 Å². The van der Waals surface area contributed by atoms with Crippen LogP contribution in [-0.2, 0) is 11.3 Å². The topological polar surface area (TPSA) is 29.5 Å². The van der Waals surface area contributed by atoms with Crippen LogP contribution in [0.15, 0.2) is 18.2 Å². The quantitative estimate of drug-likeness (QED) is 0.729. The first kappa shape index (κ1) is 11.1. The van der Waals surface area contributed by atoms with Gasteiger partial charge in [0.25, 0.3) is 5.91 Å². The Balaban J connectivity index is 2.06. The van der Waals surface area contributed by atoms with Crippen molar-refractivity contribution < 1.29 is 13.9 Å². The summed E-state index contributed by atoms with van der Waals surface area (Å²) in [5.74, 6) is -0.434. The van der Waals surface area contributed by atoms with Crippen LogP contribution < -0.4 is 0 Å². The van der Waals surface area contributed by atoms with Gasteiger partial charge in [-0.1, -0.05) is 6.07 Å². The summed E-state index contributed by atoms with van der Waals surface area (Å²) in [6, 6.07) is 4.39. The fourth-order valence-corrected chi connectivity index (χ4v) is 1.91. The minimum absolute atomic E-state index is 0.0781. The molecule has 4 heteroatoms. The van der Waals surface area contributed by atoms with Crippen LogP contribution in [0.1, 0.15) is 22.3 Å². The molecule has 0 radical (unpaired) electrons. The second-order valence-corrected chi connectivity index (χ2v) is 3.87. The molecule has 1 heterocycles. The van der Waals surface area contributed by atoms with Crippen LogP contribution in [0, 0.1) is 5.82 Å². The van der Waals surface area contributed by atoms with E-state index in [9.17, 15) is 9.18 Å². The van der Waals surface area contributed by atoms with Gasteiger partial charge in [0.15, 0.2) is 0 Å². The summed E-state index contributed by atoms with van der Waals surface area (Å²) in [6.07, 6.45) is 0.804. The Morgan fingerprint density at radius 1 is 1.50 bits per heavy atom. The predicted octanol–water partition coefficient (Wildman–Crippen LogP) is 1.82. The van der Waals surface area contributed by atoms with Gasteiger partial charge >= 0.3 is 0 Å². The van der Waals surface area contributed by atoms with Gasteiger partial charge < -0.3 is 9.64 Å². The Kier molecular flexibility index (Phi) is 3.19. The number of hydrogen-bond donors (Lipinski definition) is 0. The highest BCUT2D eigenvalue weighted by molar-refractivity contribution is 5.98. The van der Waals surface area contributed by atoms with E-state index in [0.29, 0.717) is 25.3 Å². The number of carbonyl (C=O) groups excluding carboxylic acids is 1. The monoisotopic (exact) mass is 223 g/mol. The lowest BCUT2D eigenvalue weighted by atomic mass is 10.1. The van der Waals surface area contributed by atoms with Crippen LogP contribution in [0.5, 0.6) is 0 Å². The van der Waals surface area contributed by atoms with Crippen molar-refractivity contribution in [2.75, 3.05) is 20.3 Å². The molecule has 2 rings (SSSR count). The van der Waals surface area contributed by atoms with Crippen LogP contribution >= 0.6 is 0 Å². The molecule has 3 nitrogen and oxygen atoms in total. The number of carbonyl (C=O) groups is 1. The lowest BCUT2D eigenvalue weighted by molar-refractivity contribution is 0.0760. The summed E-state index contributed by atoms with van der Waals surface area (Å²) in [7, 11) is 1.63. The third-order valence-electron chi connectivity index (χ3n) is 2.73. The normalized spacial score (nSPS) is 14.4. The van der Waals surface area contributed by atoms with Crippen molar-refractivity contribution in [2.45, 2.75) is 13.0 Å². The maximum atomic E-state index is 13.0. The lowest BCUT2D eigenvalue weighted by Gasteiger charge is -2.14. The van der Waals surface area contributed by atoms with Crippen molar-refractivity contribution in [2.24, 2.45) is 0 Å². The molecule has 16 heavy (non-hydrogen) atoms. The van der Waals surface area contributed by atoms with E-state index in [1.54, 1.807) is 18.1 Å². The molecule has 0 fully saturated rings. The summed E-state index contributed by atoms with van der Waals surface area (Å²) in [5.41, 5.74) is 1.40. The summed E-state index contributed by atoms with van der Waals surface area (Å²) < 4.78 is 17.9. The lowest BCUT2D eigenvalue weighted by Crippen LogP contribution is -2.25. The van der Waals surface area contributed by atoms with Gasteiger partial charge in [0.1, 0.15) is 5.82 Å². The number of nitrogens with zero attached hydrogens (tertiary/aromatic N) is 1. The Bertz CT molecular complexity index is 406. The van der Waals surface area contributed by atoms with Gasteiger partial charge in [-0.05, 0) is 24.1 Å². The second kappa shape index (κ2) is 4.61. The number of benzene rings is 1. The van der Waals surface area contributed by atoms with E-state index in [-0.39, 0.29) is 11.7 Å². The third kappa shape index (κ3) is 2.07. The molecule has 86 valence electrons. The van der Waals surface area contributed by atoms with E-state index in [0.717, 1.165) is 12.0 Å². The molecule has 0 aliphatic carbocycles. The number of rotatable bonds is 4. The summed E-state index contributed by atoms with van der Waals surface area (Å²) in [5, 5.41) is 0. The van der Waals surface area contributed by atoms with E-state index in [2.05, 4.69) is 0 Å². The molecule has 1 aliphatic heterocycles. The highest BCUT2D eigenvalue weighted by Gasteiger charge is 2.26. The minimum Gasteiger partial charge on any atom is -0.385 e. The summed E-state index contributed by atoms with van der Waals surface area (Å²) in [6.45, 7) is 1.87. The highest BCUT2D eigenvalue weighted by Crippen LogP contribution is 2.23. The van der Waals surface area contributed by atoms with Crippen molar-refractivity contribution in [3.05, 3.63) is 35.1 Å². The molecule has 1 amide bonds. The van der Waals surface area contributed by atoms with Gasteiger partial charge in [0.05, 0.1) is 0 Å². The first-order chi connectivity index (χ1) is 7.72. The van der Waals surface area contributed by atoms with E-state index in [4.69, 9.17) is 4.74 Å². The zero-order chi connectivity index (χ0) is 11.5. The Morgan fingerprint density at radius 2 is 2.31 bits per heavy atom. The molecule has 0 atom stereocenters. The first-order valence-electron chi connectivity index (χ1n) is 5.29. The Hall–Kier alpha value is -1.42. The number of fused-ring (bicyclic) bond motifs is 1. The zero-order valence-electron chi connectivity index (χ0n) is 9.20. The van der Waals surface area contributed by atoms with E-state index >= 15 is 0 Å². The van der Waals surface area contributed by atoms with E-state index < -0.39 is 0 Å². The highest BCUT2D eigenvalue weighted by atomic mass is 19.1. The fraction of sp³-hybridized carbons (Fsp3) is 0.417.